The number of carbonyl (C=O) groups is 3. The highest BCUT2D eigenvalue weighted by atomic mass is 16.6. The number of nitrogens with one attached hydrogen (secondary N) is 2. The van der Waals surface area contributed by atoms with E-state index in [4.69, 9.17) is 11.2 Å². The molecule has 2 N–H and O–H groups in total. The number of ether oxygens (including phenoxy) is 1. The molecule has 0 saturated carbocycles. The number of benzene rings is 1. The second kappa shape index (κ2) is 13.0. The molecule has 1 aromatic carbocycles. The van der Waals surface area contributed by atoms with Crippen molar-refractivity contribution in [2.24, 2.45) is 5.92 Å². The second-order valence-electron chi connectivity index (χ2n) is 9.97. The van der Waals surface area contributed by atoms with Crippen LogP contribution in [0.3, 0.4) is 0 Å². The van der Waals surface area contributed by atoms with Crippen LogP contribution in [0.15, 0.2) is 18.2 Å². The number of aryl methyl sites for hydroxylation is 2. The number of terminal acetylenes is 1. The van der Waals surface area contributed by atoms with Gasteiger partial charge in [-0.2, -0.15) is 0 Å². The molecule has 188 valence electrons. The van der Waals surface area contributed by atoms with Crippen LogP contribution in [0.1, 0.15) is 83.5 Å². The van der Waals surface area contributed by atoms with Crippen molar-refractivity contribution in [3.63, 3.8) is 0 Å². The van der Waals surface area contributed by atoms with E-state index >= 15 is 0 Å². The van der Waals surface area contributed by atoms with Gasteiger partial charge in [0.15, 0.2) is 0 Å². The minimum atomic E-state index is -1.03. The number of amides is 3. The van der Waals surface area contributed by atoms with Crippen LogP contribution in [0.2, 0.25) is 0 Å². The summed E-state index contributed by atoms with van der Waals surface area (Å²) >= 11 is 0. The van der Waals surface area contributed by atoms with E-state index < -0.39 is 29.7 Å². The highest BCUT2D eigenvalue weighted by Crippen LogP contribution is 2.26. The van der Waals surface area contributed by atoms with Crippen LogP contribution in [-0.2, 0) is 14.3 Å². The zero-order valence-electron chi connectivity index (χ0n) is 22.0. The maximum atomic E-state index is 13.6. The zero-order chi connectivity index (χ0) is 26.1. The molecule has 2 atom stereocenters. The van der Waals surface area contributed by atoms with Crippen molar-refractivity contribution in [2.45, 2.75) is 92.3 Å². The lowest BCUT2D eigenvalue weighted by Gasteiger charge is -2.32. The molecule has 1 aromatic rings. The molecule has 0 aromatic heterocycles. The van der Waals surface area contributed by atoms with Gasteiger partial charge < -0.3 is 15.4 Å². The van der Waals surface area contributed by atoms with Gasteiger partial charge in [0, 0.05) is 12.6 Å². The predicted molar refractivity (Wildman–Crippen MR) is 135 cm³/mol. The minimum absolute atomic E-state index is 0.289. The predicted octanol–water partition coefficient (Wildman–Crippen LogP) is 4.62. The van der Waals surface area contributed by atoms with Gasteiger partial charge in [-0.05, 0) is 58.1 Å². The van der Waals surface area contributed by atoms with E-state index in [1.807, 2.05) is 32.0 Å². The van der Waals surface area contributed by atoms with E-state index in [2.05, 4.69) is 23.6 Å². The monoisotopic (exact) mass is 471 g/mol. The fourth-order valence-corrected chi connectivity index (χ4v) is 3.58. The first kappa shape index (κ1) is 29.0. The molecule has 7 heteroatoms. The number of hydrogen-bond acceptors (Lipinski definition) is 4. The van der Waals surface area contributed by atoms with Crippen LogP contribution >= 0.6 is 0 Å². The quantitative estimate of drug-likeness (QED) is 0.296. The molecular weight excluding hydrogens is 430 g/mol. The van der Waals surface area contributed by atoms with Gasteiger partial charge in [-0.1, -0.05) is 63.8 Å². The van der Waals surface area contributed by atoms with Crippen LogP contribution in [0.4, 0.5) is 4.79 Å². The van der Waals surface area contributed by atoms with Gasteiger partial charge in [0.05, 0.1) is 0 Å². The van der Waals surface area contributed by atoms with Crippen molar-refractivity contribution in [3.05, 3.63) is 34.9 Å². The van der Waals surface area contributed by atoms with Crippen molar-refractivity contribution in [1.82, 2.24) is 15.5 Å². The first-order chi connectivity index (χ1) is 15.8. The molecule has 2 unspecified atom stereocenters. The van der Waals surface area contributed by atoms with Gasteiger partial charge in [0.2, 0.25) is 5.91 Å². The van der Waals surface area contributed by atoms with E-state index in [1.54, 1.807) is 34.6 Å². The molecule has 0 heterocycles. The third-order valence-corrected chi connectivity index (χ3v) is 5.29. The standard InChI is InChI=1S/C27H41N3O4/c1-10-12-13-16-28-24(31)23(21-15-14-19(5)17-20(21)6)30(11-2)25(32)22(18(3)4)29-26(33)34-27(7,8)9/h2,14-15,17-18,22-23H,10,12-13,16H2,1,3-9H3,(H,28,31)(H,29,33). The van der Waals surface area contributed by atoms with E-state index in [0.717, 1.165) is 35.3 Å². The lowest BCUT2D eigenvalue weighted by Crippen LogP contribution is -2.53. The maximum Gasteiger partial charge on any atom is 0.408 e. The Morgan fingerprint density at radius 1 is 1.15 bits per heavy atom. The highest BCUT2D eigenvalue weighted by Gasteiger charge is 2.37. The number of unbranched alkanes of at least 4 members (excludes halogenated alkanes) is 2. The molecule has 1 rings (SSSR count). The van der Waals surface area contributed by atoms with Crippen molar-refractivity contribution in [2.75, 3.05) is 6.54 Å². The highest BCUT2D eigenvalue weighted by molar-refractivity contribution is 5.93. The summed E-state index contributed by atoms with van der Waals surface area (Å²) in [4.78, 5) is 40.5. The van der Waals surface area contributed by atoms with Gasteiger partial charge in [0.25, 0.3) is 5.91 Å². The van der Waals surface area contributed by atoms with Crippen LogP contribution in [0, 0.1) is 32.2 Å². The van der Waals surface area contributed by atoms with Crippen LogP contribution < -0.4 is 10.6 Å². The van der Waals surface area contributed by atoms with Crippen molar-refractivity contribution < 1.29 is 19.1 Å². The molecular formula is C27H41N3O4. The van der Waals surface area contributed by atoms with Gasteiger partial charge in [-0.15, -0.1) is 0 Å². The van der Waals surface area contributed by atoms with Crippen LogP contribution in [0.25, 0.3) is 0 Å². The molecule has 0 spiro atoms. The van der Waals surface area contributed by atoms with Crippen molar-refractivity contribution >= 4 is 17.9 Å². The lowest BCUT2D eigenvalue weighted by atomic mass is 9.95. The SMILES string of the molecule is C#CN(C(=O)C(NC(=O)OC(C)(C)C)C(C)C)C(C(=O)NCCCCC)c1ccc(C)cc1C. The largest absolute Gasteiger partial charge is 0.444 e. The van der Waals surface area contributed by atoms with Gasteiger partial charge in [-0.25, -0.2) is 4.79 Å². The van der Waals surface area contributed by atoms with E-state index in [9.17, 15) is 14.4 Å². The Balaban J connectivity index is 3.34. The molecule has 34 heavy (non-hydrogen) atoms. The number of hydrogen-bond donors (Lipinski definition) is 2. The molecule has 0 aliphatic rings. The Labute approximate surface area is 205 Å². The summed E-state index contributed by atoms with van der Waals surface area (Å²) < 4.78 is 5.33. The molecule has 0 aliphatic heterocycles. The summed E-state index contributed by atoms with van der Waals surface area (Å²) in [5.41, 5.74) is 1.81. The third kappa shape index (κ3) is 8.74. The molecule has 3 amide bonds. The first-order valence-electron chi connectivity index (χ1n) is 12.0. The molecule has 0 radical (unpaired) electrons. The fraction of sp³-hybridized carbons (Fsp3) is 0.593. The molecule has 0 saturated heterocycles. The summed E-state index contributed by atoms with van der Waals surface area (Å²) in [6.07, 6.45) is 7.94. The summed E-state index contributed by atoms with van der Waals surface area (Å²) in [6, 6.07) is 6.08. The minimum Gasteiger partial charge on any atom is -0.444 e. The third-order valence-electron chi connectivity index (χ3n) is 5.29. The molecule has 0 bridgehead atoms. The number of nitrogens with zero attached hydrogens (tertiary/aromatic N) is 1. The Hall–Kier alpha value is -3.01. The molecule has 7 nitrogen and oxygen atoms in total. The molecule has 0 aliphatic carbocycles. The Morgan fingerprint density at radius 2 is 1.79 bits per heavy atom. The van der Waals surface area contributed by atoms with Gasteiger partial charge >= 0.3 is 6.09 Å². The van der Waals surface area contributed by atoms with Crippen molar-refractivity contribution in [3.8, 4) is 12.5 Å². The van der Waals surface area contributed by atoms with Crippen LogP contribution in [0.5, 0.6) is 0 Å². The summed E-state index contributed by atoms with van der Waals surface area (Å²) in [7, 11) is 0. The zero-order valence-corrected chi connectivity index (χ0v) is 22.0. The summed E-state index contributed by atoms with van der Waals surface area (Å²) in [5, 5.41) is 5.56. The average Bonchev–Trinajstić information content (AvgIpc) is 2.72. The topological polar surface area (TPSA) is 87.7 Å². The van der Waals surface area contributed by atoms with E-state index in [1.165, 1.54) is 0 Å². The number of carbonyl (C=O) groups excluding carboxylic acids is 3. The smallest absolute Gasteiger partial charge is 0.408 e. The van der Waals surface area contributed by atoms with E-state index in [0.29, 0.717) is 12.1 Å². The number of alkyl carbamates (subject to hydrolysis) is 1. The Bertz CT molecular complexity index is 896. The van der Waals surface area contributed by atoms with Crippen LogP contribution in [-0.4, -0.2) is 41.0 Å². The van der Waals surface area contributed by atoms with E-state index in [-0.39, 0.29) is 11.8 Å². The maximum absolute atomic E-state index is 13.6. The Kier molecular flexibility index (Phi) is 11.1. The normalized spacial score (nSPS) is 12.9. The second-order valence-corrected chi connectivity index (χ2v) is 9.97. The lowest BCUT2D eigenvalue weighted by molar-refractivity contribution is -0.139. The number of rotatable bonds is 10. The molecule has 0 fully saturated rings. The van der Waals surface area contributed by atoms with Crippen molar-refractivity contribution in [1.29, 1.82) is 0 Å². The fourth-order valence-electron chi connectivity index (χ4n) is 3.58. The van der Waals surface area contributed by atoms with Gasteiger partial charge in [0.1, 0.15) is 17.7 Å². The average molecular weight is 472 g/mol. The Morgan fingerprint density at radius 3 is 2.29 bits per heavy atom. The van der Waals surface area contributed by atoms with Gasteiger partial charge in [-0.3, -0.25) is 14.5 Å². The first-order valence-corrected chi connectivity index (χ1v) is 12.0. The summed E-state index contributed by atoms with van der Waals surface area (Å²) in [6.45, 7) is 15.2. The summed E-state index contributed by atoms with van der Waals surface area (Å²) in [5.74, 6) is -1.19.